The Morgan fingerprint density at radius 3 is 1.78 bits per heavy atom. The summed E-state index contributed by atoms with van der Waals surface area (Å²) in [4.78, 5) is 26.0. The van der Waals surface area contributed by atoms with Gasteiger partial charge in [-0.15, -0.1) is 0 Å². The van der Waals surface area contributed by atoms with Crippen LogP contribution in [0.1, 0.15) is 17.2 Å². The van der Waals surface area contributed by atoms with Crippen LogP contribution in [0.15, 0.2) is 88.5 Å². The largest absolute Gasteiger partial charge is 0.351 e. The Kier molecular flexibility index (Phi) is 3.31. The summed E-state index contributed by atoms with van der Waals surface area (Å²) in [5, 5.41) is 0. The highest BCUT2D eigenvalue weighted by atomic mass is 16.2. The van der Waals surface area contributed by atoms with Gasteiger partial charge in [-0.1, -0.05) is 66.7 Å². The molecule has 0 atom stereocenters. The van der Waals surface area contributed by atoms with E-state index in [-0.39, 0.29) is 17.4 Å². The van der Waals surface area contributed by atoms with E-state index in [0.29, 0.717) is 5.69 Å². The molecular weight excluding hydrogens is 338 g/mol. The first-order chi connectivity index (χ1) is 13.2. The number of nitrogens with zero attached hydrogens (tertiary/aromatic N) is 3. The van der Waals surface area contributed by atoms with Crippen LogP contribution in [0.25, 0.3) is 16.8 Å². The minimum Gasteiger partial charge on any atom is -0.246 e. The van der Waals surface area contributed by atoms with E-state index in [0.717, 1.165) is 26.8 Å². The Balaban J connectivity index is 1.89. The van der Waals surface area contributed by atoms with E-state index in [1.807, 2.05) is 66.7 Å². The average molecular weight is 355 g/mol. The Morgan fingerprint density at radius 1 is 0.667 bits per heavy atom. The normalized spacial score (nSPS) is 12.8. The summed E-state index contributed by atoms with van der Waals surface area (Å²) in [6.45, 7) is 0. The minimum absolute atomic E-state index is 0.333. The molecule has 5 nitrogen and oxygen atoms in total. The molecule has 132 valence electrons. The van der Waals surface area contributed by atoms with Gasteiger partial charge in [-0.05, 0) is 34.4 Å². The molecule has 1 aliphatic carbocycles. The van der Waals surface area contributed by atoms with E-state index in [4.69, 9.17) is 0 Å². The number of para-hydroxylation sites is 1. The molecule has 3 aromatic carbocycles. The molecule has 0 unspecified atom stereocenters. The highest BCUT2D eigenvalue weighted by Crippen LogP contribution is 2.44. The zero-order chi connectivity index (χ0) is 18.5. The molecule has 0 saturated heterocycles. The van der Waals surface area contributed by atoms with Crippen LogP contribution in [-0.4, -0.2) is 13.9 Å². The van der Waals surface area contributed by atoms with Gasteiger partial charge in [-0.3, -0.25) is 0 Å². The Morgan fingerprint density at radius 2 is 1.19 bits per heavy atom. The number of hydrogen-bond donors (Lipinski definition) is 0. The van der Waals surface area contributed by atoms with Crippen molar-refractivity contribution in [2.75, 3.05) is 0 Å². The molecule has 5 rings (SSSR count). The summed E-state index contributed by atoms with van der Waals surface area (Å²) in [5.74, 6) is 0. The number of fused-ring (bicyclic) bond motifs is 3. The van der Waals surface area contributed by atoms with Gasteiger partial charge >= 0.3 is 11.4 Å². The molecule has 5 heteroatoms. The second-order valence-electron chi connectivity index (χ2n) is 6.69. The predicted octanol–water partition coefficient (Wildman–Crippen LogP) is 2.96. The summed E-state index contributed by atoms with van der Waals surface area (Å²) < 4.78 is 4.21. The second-order valence-corrected chi connectivity index (χ2v) is 6.69. The van der Waals surface area contributed by atoms with Crippen molar-refractivity contribution >= 4 is 0 Å². The highest BCUT2D eigenvalue weighted by molar-refractivity contribution is 5.78. The molecule has 27 heavy (non-hydrogen) atoms. The van der Waals surface area contributed by atoms with Crippen molar-refractivity contribution in [2.24, 2.45) is 7.05 Å². The first kappa shape index (κ1) is 15.6. The lowest BCUT2D eigenvalue weighted by Gasteiger charge is -2.18. The standard InChI is InChI=1S/C22H17N3O2/c1-23-21(26)24(15-9-3-2-4-10-15)25(22(23)27)20-18-13-7-5-11-16(18)17-12-6-8-14-19(17)20/h2-14,20H,1H3. The number of aromatic nitrogens is 3. The van der Waals surface area contributed by atoms with E-state index in [9.17, 15) is 9.59 Å². The van der Waals surface area contributed by atoms with Gasteiger partial charge in [-0.2, -0.15) is 4.68 Å². The molecule has 0 spiro atoms. The summed E-state index contributed by atoms with van der Waals surface area (Å²) in [5.41, 5.74) is 4.23. The van der Waals surface area contributed by atoms with Crippen LogP contribution < -0.4 is 11.4 Å². The Bertz CT molecular complexity index is 1230. The molecule has 0 bridgehead atoms. The fraction of sp³-hybridized carbons (Fsp3) is 0.0909. The zero-order valence-corrected chi connectivity index (χ0v) is 14.7. The summed E-state index contributed by atoms with van der Waals surface area (Å²) >= 11 is 0. The van der Waals surface area contributed by atoms with Crippen LogP contribution in [0.3, 0.4) is 0 Å². The first-order valence-electron chi connectivity index (χ1n) is 8.82. The van der Waals surface area contributed by atoms with Crippen molar-refractivity contribution in [3.8, 4) is 16.8 Å². The van der Waals surface area contributed by atoms with Gasteiger partial charge < -0.3 is 0 Å². The number of rotatable bonds is 2. The zero-order valence-electron chi connectivity index (χ0n) is 14.7. The lowest BCUT2D eigenvalue weighted by Crippen LogP contribution is -2.30. The fourth-order valence-electron chi connectivity index (χ4n) is 3.98. The average Bonchev–Trinajstić information content (AvgIpc) is 3.16. The molecule has 0 saturated carbocycles. The lowest BCUT2D eigenvalue weighted by atomic mass is 10.1. The third-order valence-electron chi connectivity index (χ3n) is 5.21. The van der Waals surface area contributed by atoms with E-state index < -0.39 is 0 Å². The summed E-state index contributed by atoms with van der Waals surface area (Å²) in [7, 11) is 1.52. The van der Waals surface area contributed by atoms with Crippen LogP contribution in [0, 0.1) is 0 Å². The molecule has 1 heterocycles. The van der Waals surface area contributed by atoms with Crippen LogP contribution in [0.5, 0.6) is 0 Å². The van der Waals surface area contributed by atoms with E-state index in [1.165, 1.54) is 11.7 Å². The third kappa shape index (κ3) is 2.11. The van der Waals surface area contributed by atoms with Crippen LogP contribution in [-0.2, 0) is 7.05 Å². The fourth-order valence-corrected chi connectivity index (χ4v) is 3.98. The number of hydrogen-bond acceptors (Lipinski definition) is 2. The molecule has 4 aromatic rings. The predicted molar refractivity (Wildman–Crippen MR) is 104 cm³/mol. The summed E-state index contributed by atoms with van der Waals surface area (Å²) in [6.07, 6.45) is 0. The van der Waals surface area contributed by atoms with Crippen molar-refractivity contribution < 1.29 is 0 Å². The molecule has 0 amide bonds. The topological polar surface area (TPSA) is 48.9 Å². The van der Waals surface area contributed by atoms with Crippen molar-refractivity contribution in [2.45, 2.75) is 6.04 Å². The van der Waals surface area contributed by atoms with Gasteiger partial charge in [-0.25, -0.2) is 18.8 Å². The van der Waals surface area contributed by atoms with Crippen LogP contribution >= 0.6 is 0 Å². The van der Waals surface area contributed by atoms with Crippen molar-refractivity contribution in [1.82, 2.24) is 13.9 Å². The maximum atomic E-state index is 13.1. The molecule has 1 aliphatic rings. The van der Waals surface area contributed by atoms with Gasteiger partial charge in [0, 0.05) is 7.05 Å². The molecule has 0 N–H and O–H groups in total. The van der Waals surface area contributed by atoms with E-state index >= 15 is 0 Å². The van der Waals surface area contributed by atoms with Gasteiger partial charge in [0.05, 0.1) is 5.69 Å². The summed E-state index contributed by atoms with van der Waals surface area (Å²) in [6, 6.07) is 25.0. The maximum absolute atomic E-state index is 13.1. The van der Waals surface area contributed by atoms with Crippen molar-refractivity contribution in [3.63, 3.8) is 0 Å². The number of benzene rings is 3. The highest BCUT2D eigenvalue weighted by Gasteiger charge is 2.33. The molecular formula is C22H17N3O2. The van der Waals surface area contributed by atoms with E-state index in [2.05, 4.69) is 12.1 Å². The van der Waals surface area contributed by atoms with Gasteiger partial charge in [0.15, 0.2) is 0 Å². The van der Waals surface area contributed by atoms with E-state index in [1.54, 1.807) is 4.68 Å². The lowest BCUT2D eigenvalue weighted by molar-refractivity contribution is 0.517. The molecule has 0 radical (unpaired) electrons. The minimum atomic E-state index is -0.354. The third-order valence-corrected chi connectivity index (χ3v) is 5.21. The van der Waals surface area contributed by atoms with Crippen molar-refractivity contribution in [1.29, 1.82) is 0 Å². The molecule has 0 aliphatic heterocycles. The monoisotopic (exact) mass is 355 g/mol. The van der Waals surface area contributed by atoms with Gasteiger partial charge in [0.25, 0.3) is 0 Å². The SMILES string of the molecule is Cn1c(=O)n(-c2ccccc2)n(C2c3ccccc3-c3ccccc32)c1=O. The molecule has 1 aromatic heterocycles. The van der Waals surface area contributed by atoms with Crippen LogP contribution in [0.2, 0.25) is 0 Å². The maximum Gasteiger partial charge on any atom is 0.351 e. The molecule has 0 fully saturated rings. The Labute approximate surface area is 155 Å². The first-order valence-corrected chi connectivity index (χ1v) is 8.82. The van der Waals surface area contributed by atoms with Crippen LogP contribution in [0.4, 0.5) is 0 Å². The van der Waals surface area contributed by atoms with Gasteiger partial charge in [0.2, 0.25) is 0 Å². The Hall–Kier alpha value is -3.60. The quantitative estimate of drug-likeness (QED) is 0.489. The smallest absolute Gasteiger partial charge is 0.246 e. The second kappa shape index (κ2) is 5.71. The van der Waals surface area contributed by atoms with Crippen molar-refractivity contribution in [3.05, 3.63) is 111 Å². The van der Waals surface area contributed by atoms with Gasteiger partial charge in [0.1, 0.15) is 6.04 Å².